The molecule has 6 nitrogen and oxygen atoms in total. The van der Waals surface area contributed by atoms with E-state index in [0.717, 1.165) is 9.13 Å². The first kappa shape index (κ1) is 15.1. The molecule has 0 spiro atoms. The molecule has 0 saturated carbocycles. The summed E-state index contributed by atoms with van der Waals surface area (Å²) in [6, 6.07) is 13.0. The molecule has 0 fully saturated rings. The number of hydrogen-bond acceptors (Lipinski definition) is 4. The Hall–Kier alpha value is -2.29. The molecule has 21 heavy (non-hydrogen) atoms. The van der Waals surface area contributed by atoms with E-state index in [0.29, 0.717) is 0 Å². The number of nitrogens with zero attached hydrogens (tertiary/aromatic N) is 2. The van der Waals surface area contributed by atoms with Crippen molar-refractivity contribution in [3.8, 4) is 0 Å². The van der Waals surface area contributed by atoms with Crippen LogP contribution in [0.25, 0.3) is 0 Å². The average Bonchev–Trinajstić information content (AvgIpc) is 2.49. The van der Waals surface area contributed by atoms with E-state index in [9.17, 15) is 14.9 Å². The van der Waals surface area contributed by atoms with Gasteiger partial charge in [-0.05, 0) is 34.7 Å². The minimum Gasteiger partial charge on any atom is -0.267 e. The van der Waals surface area contributed by atoms with Crippen molar-refractivity contribution in [2.45, 2.75) is 0 Å². The summed E-state index contributed by atoms with van der Waals surface area (Å²) >= 11 is 2.16. The maximum absolute atomic E-state index is 11.8. The monoisotopic (exact) mass is 395 g/mol. The first-order valence-corrected chi connectivity index (χ1v) is 6.98. The quantitative estimate of drug-likeness (QED) is 0.374. The SMILES string of the molecule is O=C(NN=Cc1ccccc1I)c1cccc([N+](=O)[O-])c1. The van der Waals surface area contributed by atoms with E-state index in [-0.39, 0.29) is 11.3 Å². The number of non-ortho nitro benzene ring substituents is 1. The zero-order chi connectivity index (χ0) is 15.2. The fourth-order valence-corrected chi connectivity index (χ4v) is 2.09. The van der Waals surface area contributed by atoms with Gasteiger partial charge in [-0.1, -0.05) is 24.3 Å². The van der Waals surface area contributed by atoms with E-state index >= 15 is 0 Å². The molecule has 0 saturated heterocycles. The topological polar surface area (TPSA) is 84.6 Å². The lowest BCUT2D eigenvalue weighted by Crippen LogP contribution is -2.17. The maximum atomic E-state index is 11.8. The zero-order valence-corrected chi connectivity index (χ0v) is 12.9. The Morgan fingerprint density at radius 2 is 2.00 bits per heavy atom. The summed E-state index contributed by atoms with van der Waals surface area (Å²) in [6.07, 6.45) is 1.52. The number of amides is 1. The molecule has 0 unspecified atom stereocenters. The predicted octanol–water partition coefficient (Wildman–Crippen LogP) is 2.96. The molecular weight excluding hydrogens is 385 g/mol. The predicted molar refractivity (Wildman–Crippen MR) is 87.3 cm³/mol. The zero-order valence-electron chi connectivity index (χ0n) is 10.7. The molecule has 0 aliphatic heterocycles. The van der Waals surface area contributed by atoms with E-state index in [1.165, 1.54) is 30.5 Å². The first-order chi connectivity index (χ1) is 10.1. The van der Waals surface area contributed by atoms with Gasteiger partial charge in [0, 0.05) is 26.8 Å². The molecule has 106 valence electrons. The van der Waals surface area contributed by atoms with Crippen LogP contribution in [0.2, 0.25) is 0 Å². The van der Waals surface area contributed by atoms with Gasteiger partial charge in [0.05, 0.1) is 11.1 Å². The molecule has 2 rings (SSSR count). The third-order valence-electron chi connectivity index (χ3n) is 2.59. The fraction of sp³-hybridized carbons (Fsp3) is 0. The van der Waals surface area contributed by atoms with Crippen LogP contribution in [-0.2, 0) is 0 Å². The fourth-order valence-electron chi connectivity index (χ4n) is 1.57. The Morgan fingerprint density at radius 3 is 2.71 bits per heavy atom. The molecule has 2 aromatic carbocycles. The van der Waals surface area contributed by atoms with Crippen molar-refractivity contribution in [3.63, 3.8) is 0 Å². The molecule has 0 radical (unpaired) electrons. The van der Waals surface area contributed by atoms with Crippen LogP contribution in [0, 0.1) is 13.7 Å². The number of rotatable bonds is 4. The Bertz CT molecular complexity index is 716. The molecule has 1 N–H and O–H groups in total. The molecule has 0 aliphatic rings. The first-order valence-electron chi connectivity index (χ1n) is 5.90. The molecule has 0 atom stereocenters. The van der Waals surface area contributed by atoms with Crippen molar-refractivity contribution in [2.24, 2.45) is 5.10 Å². The molecule has 2 aromatic rings. The Morgan fingerprint density at radius 1 is 1.24 bits per heavy atom. The molecule has 1 amide bonds. The Labute approximate surface area is 134 Å². The van der Waals surface area contributed by atoms with E-state index in [2.05, 4.69) is 33.1 Å². The number of benzene rings is 2. The lowest BCUT2D eigenvalue weighted by Gasteiger charge is -2.00. The van der Waals surface area contributed by atoms with Crippen molar-refractivity contribution in [1.82, 2.24) is 5.43 Å². The summed E-state index contributed by atoms with van der Waals surface area (Å²) < 4.78 is 1.00. The van der Waals surface area contributed by atoms with Gasteiger partial charge in [-0.2, -0.15) is 5.10 Å². The lowest BCUT2D eigenvalue weighted by atomic mass is 10.2. The highest BCUT2D eigenvalue weighted by Gasteiger charge is 2.10. The van der Waals surface area contributed by atoms with Gasteiger partial charge >= 0.3 is 0 Å². The van der Waals surface area contributed by atoms with Crippen LogP contribution < -0.4 is 5.43 Å². The average molecular weight is 395 g/mol. The van der Waals surface area contributed by atoms with Gasteiger partial charge in [-0.15, -0.1) is 0 Å². The van der Waals surface area contributed by atoms with Crippen LogP contribution in [0.3, 0.4) is 0 Å². The summed E-state index contributed by atoms with van der Waals surface area (Å²) in [5.41, 5.74) is 3.27. The van der Waals surface area contributed by atoms with Gasteiger partial charge in [0.15, 0.2) is 0 Å². The minimum absolute atomic E-state index is 0.135. The number of hydrogen-bond donors (Lipinski definition) is 1. The summed E-state index contributed by atoms with van der Waals surface area (Å²) in [6.45, 7) is 0. The van der Waals surface area contributed by atoms with E-state index in [1.54, 1.807) is 0 Å². The van der Waals surface area contributed by atoms with Gasteiger partial charge in [0.2, 0.25) is 0 Å². The highest BCUT2D eigenvalue weighted by atomic mass is 127. The standard InChI is InChI=1S/C14H10IN3O3/c15-13-7-2-1-4-11(13)9-16-17-14(19)10-5-3-6-12(8-10)18(20)21/h1-9H,(H,17,19). The normalized spacial score (nSPS) is 10.5. The summed E-state index contributed by atoms with van der Waals surface area (Å²) in [7, 11) is 0. The second-order valence-corrected chi connectivity index (χ2v) is 5.19. The molecule has 0 heterocycles. The number of nitro groups is 1. The van der Waals surface area contributed by atoms with Gasteiger partial charge < -0.3 is 0 Å². The number of carbonyl (C=O) groups excluding carboxylic acids is 1. The highest BCUT2D eigenvalue weighted by Crippen LogP contribution is 2.13. The minimum atomic E-state index is -0.549. The van der Waals surface area contributed by atoms with Gasteiger partial charge in [0.1, 0.15) is 0 Å². The van der Waals surface area contributed by atoms with Crippen LogP contribution in [0.4, 0.5) is 5.69 Å². The van der Waals surface area contributed by atoms with Crippen LogP contribution >= 0.6 is 22.6 Å². The number of nitrogens with one attached hydrogen (secondary N) is 1. The molecular formula is C14H10IN3O3. The van der Waals surface area contributed by atoms with E-state index in [4.69, 9.17) is 0 Å². The number of carbonyl (C=O) groups is 1. The van der Waals surface area contributed by atoms with Crippen molar-refractivity contribution >= 4 is 40.4 Å². The van der Waals surface area contributed by atoms with E-state index in [1.807, 2.05) is 24.3 Å². The van der Waals surface area contributed by atoms with Gasteiger partial charge in [0.25, 0.3) is 11.6 Å². The van der Waals surface area contributed by atoms with Crippen LogP contribution in [-0.4, -0.2) is 17.0 Å². The summed E-state index contributed by atoms with van der Waals surface area (Å²) in [5, 5.41) is 14.5. The highest BCUT2D eigenvalue weighted by molar-refractivity contribution is 14.1. The Kier molecular flexibility index (Phi) is 4.99. The Balaban J connectivity index is 2.07. The van der Waals surface area contributed by atoms with Crippen LogP contribution in [0.1, 0.15) is 15.9 Å². The maximum Gasteiger partial charge on any atom is 0.271 e. The van der Waals surface area contributed by atoms with Crippen LogP contribution in [0.15, 0.2) is 53.6 Å². The number of hydrazone groups is 1. The second-order valence-electron chi connectivity index (χ2n) is 4.03. The lowest BCUT2D eigenvalue weighted by molar-refractivity contribution is -0.384. The van der Waals surface area contributed by atoms with Crippen LogP contribution in [0.5, 0.6) is 0 Å². The third-order valence-corrected chi connectivity index (χ3v) is 3.58. The summed E-state index contributed by atoms with van der Waals surface area (Å²) in [5.74, 6) is -0.499. The van der Waals surface area contributed by atoms with Crippen molar-refractivity contribution in [1.29, 1.82) is 0 Å². The number of nitro benzene ring substituents is 1. The molecule has 0 aliphatic carbocycles. The molecule has 7 heteroatoms. The van der Waals surface area contributed by atoms with Crippen molar-refractivity contribution in [2.75, 3.05) is 0 Å². The van der Waals surface area contributed by atoms with Crippen molar-refractivity contribution in [3.05, 3.63) is 73.3 Å². The second kappa shape index (κ2) is 6.93. The van der Waals surface area contributed by atoms with Crippen molar-refractivity contribution < 1.29 is 9.72 Å². The molecule has 0 aromatic heterocycles. The molecule has 0 bridgehead atoms. The third kappa shape index (κ3) is 4.09. The van der Waals surface area contributed by atoms with Gasteiger partial charge in [-0.3, -0.25) is 14.9 Å². The van der Waals surface area contributed by atoms with Gasteiger partial charge in [-0.25, -0.2) is 5.43 Å². The van der Waals surface area contributed by atoms with E-state index < -0.39 is 10.8 Å². The summed E-state index contributed by atoms with van der Waals surface area (Å²) in [4.78, 5) is 22.0. The largest absolute Gasteiger partial charge is 0.271 e. The smallest absolute Gasteiger partial charge is 0.267 e. The number of halogens is 1.